The number of thiophene rings is 1. The van der Waals surface area contributed by atoms with Gasteiger partial charge in [-0.3, -0.25) is 0 Å². The van der Waals surface area contributed by atoms with Crippen LogP contribution >= 0.6 is 35.2 Å². The number of rotatable bonds is 4. The molecule has 1 atom stereocenters. The maximum absolute atomic E-state index is 6.30. The summed E-state index contributed by atoms with van der Waals surface area (Å²) in [4.78, 5) is 3.74. The molecule has 1 saturated carbocycles. The molecule has 0 spiro atoms. The van der Waals surface area contributed by atoms with E-state index in [4.69, 9.17) is 23.8 Å². The van der Waals surface area contributed by atoms with Crippen LogP contribution in [0.4, 0.5) is 5.69 Å². The van der Waals surface area contributed by atoms with E-state index >= 15 is 0 Å². The number of hydrogen-bond donors (Lipinski definition) is 1. The molecule has 24 heavy (non-hydrogen) atoms. The lowest BCUT2D eigenvalue weighted by Gasteiger charge is -2.40. The second-order valence-electron chi connectivity index (χ2n) is 6.30. The van der Waals surface area contributed by atoms with Gasteiger partial charge >= 0.3 is 0 Å². The van der Waals surface area contributed by atoms with Crippen molar-refractivity contribution in [1.82, 2.24) is 4.90 Å². The molecule has 5 heteroatoms. The highest BCUT2D eigenvalue weighted by Crippen LogP contribution is 2.33. The third-order valence-corrected chi connectivity index (χ3v) is 6.38. The fourth-order valence-corrected chi connectivity index (χ4v) is 4.81. The first-order valence-electron chi connectivity index (χ1n) is 8.54. The first kappa shape index (κ1) is 17.7. The summed E-state index contributed by atoms with van der Waals surface area (Å²) in [5.74, 6) is 0. The molecule has 1 aromatic carbocycles. The van der Waals surface area contributed by atoms with E-state index in [9.17, 15) is 0 Å². The van der Waals surface area contributed by atoms with Gasteiger partial charge in [0, 0.05) is 10.9 Å². The number of nitrogens with one attached hydrogen (secondary N) is 1. The van der Waals surface area contributed by atoms with Crippen LogP contribution in [-0.4, -0.2) is 16.1 Å². The molecular weight excluding hydrogens is 356 g/mol. The highest BCUT2D eigenvalue weighted by molar-refractivity contribution is 7.80. The summed E-state index contributed by atoms with van der Waals surface area (Å²) in [5, 5.41) is 6.99. The van der Waals surface area contributed by atoms with Gasteiger partial charge in [0.05, 0.1) is 16.8 Å². The maximum atomic E-state index is 6.30. The molecular formula is C19H23ClN2S2. The molecule has 0 bridgehead atoms. The first-order chi connectivity index (χ1) is 11.7. The Morgan fingerprint density at radius 1 is 1.21 bits per heavy atom. The Kier molecular flexibility index (Phi) is 6.14. The van der Waals surface area contributed by atoms with Gasteiger partial charge in [-0.15, -0.1) is 11.3 Å². The van der Waals surface area contributed by atoms with Gasteiger partial charge in [0.15, 0.2) is 5.11 Å². The molecule has 0 radical (unpaired) electrons. The van der Waals surface area contributed by atoms with Gasteiger partial charge in [0.1, 0.15) is 0 Å². The smallest absolute Gasteiger partial charge is 0.174 e. The van der Waals surface area contributed by atoms with Crippen LogP contribution in [0.2, 0.25) is 5.02 Å². The SMILES string of the molecule is C[C@H](c1cccs1)N(C(=S)Nc1ccccc1Cl)C1CCCCC1. The van der Waals surface area contributed by atoms with Crippen molar-refractivity contribution in [2.24, 2.45) is 0 Å². The molecule has 2 nitrogen and oxygen atoms in total. The summed E-state index contributed by atoms with van der Waals surface area (Å²) < 4.78 is 0. The number of benzene rings is 1. The van der Waals surface area contributed by atoms with Crippen LogP contribution in [0.1, 0.15) is 49.9 Å². The summed E-state index contributed by atoms with van der Waals surface area (Å²) in [7, 11) is 0. The zero-order valence-electron chi connectivity index (χ0n) is 13.9. The summed E-state index contributed by atoms with van der Waals surface area (Å²) in [6, 6.07) is 12.9. The Morgan fingerprint density at radius 2 is 1.96 bits per heavy atom. The predicted octanol–water partition coefficient (Wildman–Crippen LogP) is 6.49. The molecule has 3 rings (SSSR count). The lowest BCUT2D eigenvalue weighted by molar-refractivity contribution is 0.205. The Balaban J connectivity index is 1.83. The van der Waals surface area contributed by atoms with Crippen molar-refractivity contribution in [2.45, 2.75) is 51.1 Å². The largest absolute Gasteiger partial charge is 0.338 e. The van der Waals surface area contributed by atoms with Crippen LogP contribution in [0.3, 0.4) is 0 Å². The van der Waals surface area contributed by atoms with Crippen LogP contribution in [0.25, 0.3) is 0 Å². The summed E-state index contributed by atoms with van der Waals surface area (Å²) >= 11 is 13.9. The molecule has 2 aromatic rings. The van der Waals surface area contributed by atoms with Crippen molar-refractivity contribution in [2.75, 3.05) is 5.32 Å². The number of para-hydroxylation sites is 1. The third-order valence-electron chi connectivity index (χ3n) is 4.69. The van der Waals surface area contributed by atoms with Gasteiger partial charge in [0.25, 0.3) is 0 Å². The number of anilines is 1. The monoisotopic (exact) mass is 378 g/mol. The van der Waals surface area contributed by atoms with Gasteiger partial charge in [-0.1, -0.05) is 49.1 Å². The van der Waals surface area contributed by atoms with Gasteiger partial charge < -0.3 is 10.2 Å². The van der Waals surface area contributed by atoms with E-state index in [1.807, 2.05) is 24.3 Å². The second kappa shape index (κ2) is 8.32. The van der Waals surface area contributed by atoms with Crippen LogP contribution in [-0.2, 0) is 0 Å². The van der Waals surface area contributed by atoms with Crippen molar-refractivity contribution in [1.29, 1.82) is 0 Å². The normalized spacial score (nSPS) is 16.6. The Labute approximate surface area is 158 Å². The van der Waals surface area contributed by atoms with Gasteiger partial charge in [-0.2, -0.15) is 0 Å². The number of thiocarbonyl (C=S) groups is 1. The number of hydrogen-bond acceptors (Lipinski definition) is 2. The molecule has 0 aliphatic heterocycles. The Hall–Kier alpha value is -1.10. The molecule has 0 amide bonds. The van der Waals surface area contributed by atoms with E-state index in [2.05, 4.69) is 34.7 Å². The van der Waals surface area contributed by atoms with E-state index in [0.717, 1.165) is 10.8 Å². The molecule has 128 valence electrons. The van der Waals surface area contributed by atoms with Crippen molar-refractivity contribution < 1.29 is 0 Å². The average Bonchev–Trinajstić information content (AvgIpc) is 3.13. The molecule has 0 unspecified atom stereocenters. The van der Waals surface area contributed by atoms with Gasteiger partial charge in [-0.05, 0) is 55.6 Å². The van der Waals surface area contributed by atoms with Gasteiger partial charge in [0.2, 0.25) is 0 Å². The van der Waals surface area contributed by atoms with E-state index in [1.165, 1.54) is 37.0 Å². The van der Waals surface area contributed by atoms with Crippen molar-refractivity contribution in [3.63, 3.8) is 0 Å². The number of halogens is 1. The van der Waals surface area contributed by atoms with Crippen molar-refractivity contribution in [3.8, 4) is 0 Å². The highest BCUT2D eigenvalue weighted by atomic mass is 35.5. The summed E-state index contributed by atoms with van der Waals surface area (Å²) in [6.45, 7) is 2.25. The molecule has 1 aromatic heterocycles. The number of nitrogens with zero attached hydrogens (tertiary/aromatic N) is 1. The minimum atomic E-state index is 0.274. The Bertz CT molecular complexity index is 666. The summed E-state index contributed by atoms with van der Waals surface area (Å²) in [6.07, 6.45) is 6.32. The second-order valence-corrected chi connectivity index (χ2v) is 8.07. The fourth-order valence-electron chi connectivity index (χ4n) is 3.43. The highest BCUT2D eigenvalue weighted by Gasteiger charge is 2.29. The maximum Gasteiger partial charge on any atom is 0.174 e. The zero-order valence-corrected chi connectivity index (χ0v) is 16.3. The van der Waals surface area contributed by atoms with Crippen LogP contribution in [0.15, 0.2) is 41.8 Å². The van der Waals surface area contributed by atoms with E-state index in [1.54, 1.807) is 11.3 Å². The van der Waals surface area contributed by atoms with E-state index in [-0.39, 0.29) is 6.04 Å². The predicted molar refractivity (Wildman–Crippen MR) is 109 cm³/mol. The summed E-state index contributed by atoms with van der Waals surface area (Å²) in [5.41, 5.74) is 0.878. The first-order valence-corrected chi connectivity index (χ1v) is 10.2. The van der Waals surface area contributed by atoms with E-state index in [0.29, 0.717) is 11.1 Å². The molecule has 0 saturated heterocycles. The quantitative estimate of drug-likeness (QED) is 0.611. The molecule has 1 fully saturated rings. The average molecular weight is 379 g/mol. The topological polar surface area (TPSA) is 15.3 Å². The van der Waals surface area contributed by atoms with Gasteiger partial charge in [-0.25, -0.2) is 0 Å². The minimum absolute atomic E-state index is 0.274. The molecule has 1 heterocycles. The molecule has 1 N–H and O–H groups in total. The minimum Gasteiger partial charge on any atom is -0.338 e. The van der Waals surface area contributed by atoms with Crippen LogP contribution in [0.5, 0.6) is 0 Å². The molecule has 1 aliphatic rings. The van der Waals surface area contributed by atoms with Crippen molar-refractivity contribution in [3.05, 3.63) is 51.7 Å². The fraction of sp³-hybridized carbons (Fsp3) is 0.421. The lowest BCUT2D eigenvalue weighted by Crippen LogP contribution is -2.45. The van der Waals surface area contributed by atoms with Crippen LogP contribution < -0.4 is 5.32 Å². The lowest BCUT2D eigenvalue weighted by atomic mass is 9.93. The van der Waals surface area contributed by atoms with Crippen LogP contribution in [0, 0.1) is 0 Å². The zero-order chi connectivity index (χ0) is 16.9. The van der Waals surface area contributed by atoms with E-state index < -0.39 is 0 Å². The molecule has 1 aliphatic carbocycles. The van der Waals surface area contributed by atoms with Crippen molar-refractivity contribution >= 4 is 46.0 Å². The standard InChI is InChI=1S/C19H23ClN2S2/c1-14(18-12-7-13-24-18)22(15-8-3-2-4-9-15)19(23)21-17-11-6-5-10-16(17)20/h5-7,10-15H,2-4,8-9H2,1H3,(H,21,23)/t14-/m1/s1. The Morgan fingerprint density at radius 3 is 2.62 bits per heavy atom. The third kappa shape index (κ3) is 4.11.